The molecule has 0 aliphatic heterocycles. The van der Waals surface area contributed by atoms with E-state index < -0.39 is 21.9 Å². The molecule has 0 spiro atoms. The molecular formula is C27H35N3O5S2. The van der Waals surface area contributed by atoms with Crippen LogP contribution < -0.4 is 4.80 Å². The Bertz CT molecular complexity index is 1460. The fourth-order valence-electron chi connectivity index (χ4n) is 3.91. The molecule has 0 unspecified atom stereocenters. The first kappa shape index (κ1) is 28.7. The zero-order chi connectivity index (χ0) is 27.5. The molecule has 0 saturated heterocycles. The number of fused-ring (bicyclic) bond motifs is 1. The summed E-state index contributed by atoms with van der Waals surface area (Å²) in [4.78, 5) is 29.9. The van der Waals surface area contributed by atoms with E-state index in [1.54, 1.807) is 4.57 Å². The zero-order valence-electron chi connectivity index (χ0n) is 22.4. The van der Waals surface area contributed by atoms with Crippen LogP contribution in [0.2, 0.25) is 0 Å². The van der Waals surface area contributed by atoms with Crippen LogP contribution in [0.25, 0.3) is 10.2 Å². The Balaban J connectivity index is 1.99. The largest absolute Gasteiger partial charge is 0.468 e. The zero-order valence-corrected chi connectivity index (χ0v) is 24.1. The van der Waals surface area contributed by atoms with Crippen LogP contribution in [0.5, 0.6) is 0 Å². The smallest absolute Gasteiger partial charge is 0.325 e. The van der Waals surface area contributed by atoms with Gasteiger partial charge < -0.3 is 9.30 Å². The Morgan fingerprint density at radius 3 is 2.11 bits per heavy atom. The van der Waals surface area contributed by atoms with Crippen LogP contribution in [0, 0.1) is 25.7 Å². The van der Waals surface area contributed by atoms with Crippen molar-refractivity contribution in [1.29, 1.82) is 0 Å². The number of esters is 1. The SMILES string of the molecule is COC(=O)Cn1c(=NC(=O)c2ccc(S(=O)(=O)N(CC(C)C)CC(C)C)cc2)sc2cc(C)c(C)cc21. The van der Waals surface area contributed by atoms with Crippen molar-refractivity contribution in [3.63, 3.8) is 0 Å². The molecule has 1 aromatic heterocycles. The second-order valence-electron chi connectivity index (χ2n) is 10.0. The first-order valence-electron chi connectivity index (χ1n) is 12.2. The number of rotatable bonds is 9. The molecular weight excluding hydrogens is 510 g/mol. The number of thiazole rings is 1. The van der Waals surface area contributed by atoms with Crippen molar-refractivity contribution in [1.82, 2.24) is 8.87 Å². The number of aromatic nitrogens is 1. The van der Waals surface area contributed by atoms with Gasteiger partial charge in [0.1, 0.15) is 6.54 Å². The summed E-state index contributed by atoms with van der Waals surface area (Å²) in [6.07, 6.45) is 0. The Morgan fingerprint density at radius 1 is 1.00 bits per heavy atom. The molecule has 0 radical (unpaired) electrons. The molecule has 0 fully saturated rings. The highest BCUT2D eigenvalue weighted by atomic mass is 32.2. The third-order valence-corrected chi connectivity index (χ3v) is 8.77. The van der Waals surface area contributed by atoms with Crippen molar-refractivity contribution in [2.45, 2.75) is 53.0 Å². The Hall–Kier alpha value is -2.82. The molecule has 8 nitrogen and oxygen atoms in total. The number of sulfonamides is 1. The van der Waals surface area contributed by atoms with E-state index in [0.717, 1.165) is 21.3 Å². The highest BCUT2D eigenvalue weighted by molar-refractivity contribution is 7.89. The number of benzene rings is 2. The summed E-state index contributed by atoms with van der Waals surface area (Å²) in [5.41, 5.74) is 3.20. The van der Waals surface area contributed by atoms with E-state index in [-0.39, 0.29) is 28.8 Å². The molecule has 0 bridgehead atoms. The standard InChI is InChI=1S/C27H35N3O5S2/c1-17(2)14-29(15-18(3)4)37(33,34)22-10-8-21(9-11-22)26(32)28-27-30(16-25(31)35-7)23-12-19(5)20(6)13-24(23)36-27/h8-13,17-18H,14-16H2,1-7H3. The van der Waals surface area contributed by atoms with Crippen molar-refractivity contribution in [3.05, 3.63) is 57.9 Å². The number of hydrogen-bond donors (Lipinski definition) is 0. The number of hydrogen-bond acceptors (Lipinski definition) is 6. The van der Waals surface area contributed by atoms with Gasteiger partial charge in [-0.2, -0.15) is 9.30 Å². The summed E-state index contributed by atoms with van der Waals surface area (Å²) >= 11 is 1.31. The number of methoxy groups -OCH3 is 1. The topological polar surface area (TPSA) is 98.0 Å². The molecule has 200 valence electrons. The van der Waals surface area contributed by atoms with Gasteiger partial charge in [-0.1, -0.05) is 39.0 Å². The minimum absolute atomic E-state index is 0.0795. The Morgan fingerprint density at radius 2 is 1.57 bits per heavy atom. The van der Waals surface area contributed by atoms with Gasteiger partial charge in [0.25, 0.3) is 5.91 Å². The van der Waals surface area contributed by atoms with Crippen LogP contribution in [-0.2, 0) is 26.1 Å². The lowest BCUT2D eigenvalue weighted by Gasteiger charge is -2.25. The number of ether oxygens (including phenoxy) is 1. The molecule has 3 rings (SSSR count). The maximum absolute atomic E-state index is 13.3. The molecule has 10 heteroatoms. The minimum Gasteiger partial charge on any atom is -0.468 e. The molecule has 0 aliphatic rings. The summed E-state index contributed by atoms with van der Waals surface area (Å²) in [5, 5.41) is 0. The molecule has 2 aromatic carbocycles. The highest BCUT2D eigenvalue weighted by Gasteiger charge is 2.26. The highest BCUT2D eigenvalue weighted by Crippen LogP contribution is 2.23. The van der Waals surface area contributed by atoms with Crippen LogP contribution in [-0.4, -0.2) is 49.4 Å². The predicted molar refractivity (Wildman–Crippen MR) is 146 cm³/mol. The third-order valence-electron chi connectivity index (χ3n) is 5.89. The van der Waals surface area contributed by atoms with Gasteiger partial charge in [-0.25, -0.2) is 8.42 Å². The fraction of sp³-hybridized carbons (Fsp3) is 0.444. The lowest BCUT2D eigenvalue weighted by molar-refractivity contribution is -0.141. The average molecular weight is 546 g/mol. The second kappa shape index (κ2) is 11.7. The first-order chi connectivity index (χ1) is 17.3. The second-order valence-corrected chi connectivity index (χ2v) is 12.9. The van der Waals surface area contributed by atoms with Crippen molar-refractivity contribution in [2.75, 3.05) is 20.2 Å². The maximum atomic E-state index is 13.3. The van der Waals surface area contributed by atoms with Gasteiger partial charge in [0.2, 0.25) is 10.0 Å². The van der Waals surface area contributed by atoms with Crippen LogP contribution in [0.4, 0.5) is 0 Å². The summed E-state index contributed by atoms with van der Waals surface area (Å²) in [6.45, 7) is 12.7. The number of aryl methyl sites for hydroxylation is 2. The van der Waals surface area contributed by atoms with Crippen molar-refractivity contribution in [2.24, 2.45) is 16.8 Å². The molecule has 37 heavy (non-hydrogen) atoms. The van der Waals surface area contributed by atoms with Gasteiger partial charge in [0.15, 0.2) is 4.80 Å². The summed E-state index contributed by atoms with van der Waals surface area (Å²) in [7, 11) is -2.39. The van der Waals surface area contributed by atoms with Crippen molar-refractivity contribution in [3.8, 4) is 0 Å². The summed E-state index contributed by atoms with van der Waals surface area (Å²) in [5.74, 6) is -0.616. The van der Waals surface area contributed by atoms with Gasteiger partial charge in [0.05, 0.1) is 22.2 Å². The molecule has 3 aromatic rings. The lowest BCUT2D eigenvalue weighted by Crippen LogP contribution is -2.37. The first-order valence-corrected chi connectivity index (χ1v) is 14.5. The number of carbonyl (C=O) groups excluding carboxylic acids is 2. The summed E-state index contributed by atoms with van der Waals surface area (Å²) in [6, 6.07) is 9.83. The number of carbonyl (C=O) groups is 2. The number of amides is 1. The van der Waals surface area contributed by atoms with Crippen LogP contribution >= 0.6 is 11.3 Å². The van der Waals surface area contributed by atoms with Crippen molar-refractivity contribution < 1.29 is 22.7 Å². The van der Waals surface area contributed by atoms with E-state index in [4.69, 9.17) is 4.74 Å². The van der Waals surface area contributed by atoms with Crippen molar-refractivity contribution >= 4 is 43.5 Å². The van der Waals surface area contributed by atoms with Gasteiger partial charge in [-0.15, -0.1) is 0 Å². The third kappa shape index (κ3) is 6.74. The van der Waals surface area contributed by atoms with Gasteiger partial charge in [0, 0.05) is 18.7 Å². The molecule has 1 amide bonds. The van der Waals surface area contributed by atoms with E-state index in [0.29, 0.717) is 17.9 Å². The Kier molecular flexibility index (Phi) is 9.09. The number of nitrogens with zero attached hydrogens (tertiary/aromatic N) is 3. The molecule has 0 atom stereocenters. The molecule has 0 saturated carbocycles. The van der Waals surface area contributed by atoms with E-state index >= 15 is 0 Å². The van der Waals surface area contributed by atoms with E-state index in [2.05, 4.69) is 4.99 Å². The van der Waals surface area contributed by atoms with Crippen LogP contribution in [0.1, 0.15) is 49.2 Å². The van der Waals surface area contributed by atoms with E-state index in [9.17, 15) is 18.0 Å². The lowest BCUT2D eigenvalue weighted by atomic mass is 10.1. The molecule has 0 aliphatic carbocycles. The average Bonchev–Trinajstić information content (AvgIpc) is 3.13. The molecule has 0 N–H and O–H groups in total. The van der Waals surface area contributed by atoms with Gasteiger partial charge in [-0.3, -0.25) is 9.59 Å². The quantitative estimate of drug-likeness (QED) is 0.368. The summed E-state index contributed by atoms with van der Waals surface area (Å²) < 4.78 is 35.5. The van der Waals surface area contributed by atoms with Crippen LogP contribution in [0.15, 0.2) is 46.3 Å². The fourth-order valence-corrected chi connectivity index (χ4v) is 6.78. The maximum Gasteiger partial charge on any atom is 0.325 e. The van der Waals surface area contributed by atoms with Gasteiger partial charge in [-0.05, 0) is 73.2 Å². The Labute approximate surface area is 222 Å². The van der Waals surface area contributed by atoms with Crippen LogP contribution in [0.3, 0.4) is 0 Å². The monoisotopic (exact) mass is 545 g/mol. The van der Waals surface area contributed by atoms with E-state index in [1.807, 2.05) is 53.7 Å². The normalized spacial score (nSPS) is 12.8. The predicted octanol–water partition coefficient (Wildman–Crippen LogP) is 4.54. The molecule has 1 heterocycles. The van der Waals surface area contributed by atoms with Gasteiger partial charge >= 0.3 is 5.97 Å². The van der Waals surface area contributed by atoms with E-state index in [1.165, 1.54) is 47.0 Å². The minimum atomic E-state index is -3.70.